The van der Waals surface area contributed by atoms with Crippen LogP contribution in [0.3, 0.4) is 0 Å². The zero-order valence-corrected chi connectivity index (χ0v) is 13.8. The summed E-state index contributed by atoms with van der Waals surface area (Å²) in [7, 11) is 5.31. The topological polar surface area (TPSA) is 72.9 Å². The molecule has 1 amide bonds. The summed E-state index contributed by atoms with van der Waals surface area (Å²) in [4.78, 5) is 24.5. The summed E-state index contributed by atoms with van der Waals surface area (Å²) >= 11 is 0. The second-order valence-electron chi connectivity index (χ2n) is 5.63. The third-order valence-corrected chi connectivity index (χ3v) is 3.89. The Kier molecular flexibility index (Phi) is 11.1. The number of hydrogen-bond acceptors (Lipinski definition) is 5. The molecule has 6 heteroatoms. The van der Waals surface area contributed by atoms with Crippen molar-refractivity contribution in [2.24, 2.45) is 5.92 Å². The molecule has 0 aromatic rings. The Morgan fingerprint density at radius 1 is 1.29 bits per heavy atom. The number of hydroxylamine groups is 2. The van der Waals surface area contributed by atoms with Gasteiger partial charge in [-0.25, -0.2) is 0 Å². The summed E-state index contributed by atoms with van der Waals surface area (Å²) in [5, 5.41) is 13.0. The molecule has 2 unspecified atom stereocenters. The van der Waals surface area contributed by atoms with Crippen LogP contribution in [0.15, 0.2) is 0 Å². The van der Waals surface area contributed by atoms with E-state index >= 15 is 0 Å². The first-order valence-corrected chi connectivity index (χ1v) is 7.70. The lowest BCUT2D eigenvalue weighted by molar-refractivity contribution is -0.124. The van der Waals surface area contributed by atoms with Crippen LogP contribution in [0.1, 0.15) is 39.0 Å². The van der Waals surface area contributed by atoms with Gasteiger partial charge in [0.2, 0.25) is 5.91 Å². The molecular weight excluding hydrogens is 270 g/mol. The van der Waals surface area contributed by atoms with E-state index in [0.717, 1.165) is 38.5 Å². The molecule has 0 aliphatic rings. The van der Waals surface area contributed by atoms with Crippen molar-refractivity contribution in [2.45, 2.75) is 45.1 Å². The molecule has 0 aromatic carbocycles. The van der Waals surface area contributed by atoms with Crippen molar-refractivity contribution < 1.29 is 14.8 Å². The largest absolute Gasteiger partial charge is 0.359 e. The van der Waals surface area contributed by atoms with Gasteiger partial charge in [-0.05, 0) is 39.3 Å². The fraction of sp³-hybridized carbons (Fsp3) is 0.867. The molecule has 0 spiro atoms. The first-order chi connectivity index (χ1) is 9.94. The van der Waals surface area contributed by atoms with Gasteiger partial charge in [-0.1, -0.05) is 6.92 Å². The molecule has 0 radical (unpaired) electrons. The van der Waals surface area contributed by atoms with Crippen LogP contribution in [0, 0.1) is 5.92 Å². The Morgan fingerprint density at radius 3 is 2.43 bits per heavy atom. The van der Waals surface area contributed by atoms with E-state index in [1.807, 2.05) is 0 Å². The molecule has 0 aliphatic heterocycles. The van der Waals surface area contributed by atoms with Crippen LogP contribution in [-0.2, 0) is 9.59 Å². The summed E-state index contributed by atoms with van der Waals surface area (Å²) in [5.74, 6) is -0.278. The van der Waals surface area contributed by atoms with Crippen molar-refractivity contribution in [1.29, 1.82) is 0 Å². The van der Waals surface area contributed by atoms with E-state index < -0.39 is 0 Å². The maximum absolute atomic E-state index is 11.3. The number of carbonyl (C=O) groups excluding carboxylic acids is 2. The van der Waals surface area contributed by atoms with Gasteiger partial charge >= 0.3 is 0 Å². The Balaban J connectivity index is 4.05. The molecule has 0 aliphatic carbocycles. The van der Waals surface area contributed by atoms with Gasteiger partial charge in [-0.2, -0.15) is 5.06 Å². The Bertz CT molecular complexity index is 298. The van der Waals surface area contributed by atoms with Crippen LogP contribution in [0.25, 0.3) is 0 Å². The smallest absolute Gasteiger partial charge is 0.220 e. The van der Waals surface area contributed by atoms with Crippen LogP contribution in [0.5, 0.6) is 0 Å². The van der Waals surface area contributed by atoms with Crippen molar-refractivity contribution in [1.82, 2.24) is 15.3 Å². The van der Waals surface area contributed by atoms with E-state index in [-0.39, 0.29) is 18.2 Å². The highest BCUT2D eigenvalue weighted by atomic mass is 16.5. The van der Waals surface area contributed by atoms with Crippen LogP contribution in [0.2, 0.25) is 0 Å². The van der Waals surface area contributed by atoms with E-state index in [1.165, 1.54) is 5.06 Å². The van der Waals surface area contributed by atoms with Gasteiger partial charge in [0.1, 0.15) is 6.29 Å². The normalized spacial score (nSPS) is 14.2. The van der Waals surface area contributed by atoms with Crippen LogP contribution >= 0.6 is 0 Å². The highest BCUT2D eigenvalue weighted by Gasteiger charge is 2.15. The van der Waals surface area contributed by atoms with Gasteiger partial charge in [0.05, 0.1) is 0 Å². The molecule has 2 atom stereocenters. The average molecular weight is 301 g/mol. The van der Waals surface area contributed by atoms with Crippen molar-refractivity contribution in [3.63, 3.8) is 0 Å². The summed E-state index contributed by atoms with van der Waals surface area (Å²) in [6.45, 7) is 3.68. The number of hydrogen-bond donors (Lipinski definition) is 2. The lowest BCUT2D eigenvalue weighted by Gasteiger charge is -2.28. The second-order valence-corrected chi connectivity index (χ2v) is 5.63. The highest BCUT2D eigenvalue weighted by Crippen LogP contribution is 2.12. The van der Waals surface area contributed by atoms with Gasteiger partial charge in [0.15, 0.2) is 0 Å². The van der Waals surface area contributed by atoms with Crippen molar-refractivity contribution >= 4 is 12.2 Å². The SMILES string of the molecule is CCC(CCN(C)O)N(C)CCCC(C=O)CC(=O)NC. The number of nitrogens with zero attached hydrogens (tertiary/aromatic N) is 2. The molecule has 0 saturated heterocycles. The average Bonchev–Trinajstić information content (AvgIpc) is 2.46. The van der Waals surface area contributed by atoms with Gasteiger partial charge < -0.3 is 20.2 Å². The van der Waals surface area contributed by atoms with Crippen LogP contribution in [0.4, 0.5) is 0 Å². The Morgan fingerprint density at radius 2 is 1.95 bits per heavy atom. The van der Waals surface area contributed by atoms with E-state index in [0.29, 0.717) is 12.6 Å². The molecule has 0 bridgehead atoms. The molecule has 21 heavy (non-hydrogen) atoms. The Labute approximate surface area is 128 Å². The standard InChI is InChI=1S/C15H31N3O3/c1-5-14(8-10-18(4)21)17(3)9-6-7-13(12-19)11-15(20)16-2/h12-14,21H,5-11H2,1-4H3,(H,16,20). The molecule has 0 heterocycles. The highest BCUT2D eigenvalue weighted by molar-refractivity contribution is 5.78. The van der Waals surface area contributed by atoms with Gasteiger partial charge in [-0.3, -0.25) is 4.79 Å². The summed E-state index contributed by atoms with van der Waals surface area (Å²) < 4.78 is 0. The molecule has 0 aromatic heterocycles. The quantitative estimate of drug-likeness (QED) is 0.418. The number of rotatable bonds is 12. The van der Waals surface area contributed by atoms with Crippen molar-refractivity contribution in [3.8, 4) is 0 Å². The number of aldehydes is 1. The third-order valence-electron chi connectivity index (χ3n) is 3.89. The maximum atomic E-state index is 11.3. The zero-order chi connectivity index (χ0) is 16.3. The van der Waals surface area contributed by atoms with Crippen molar-refractivity contribution in [3.05, 3.63) is 0 Å². The second kappa shape index (κ2) is 11.7. The lowest BCUT2D eigenvalue weighted by Crippen LogP contribution is -2.35. The van der Waals surface area contributed by atoms with Crippen LogP contribution in [-0.4, -0.2) is 67.6 Å². The predicted octanol–water partition coefficient (Wildman–Crippen LogP) is 1.14. The third kappa shape index (κ3) is 9.55. The first-order valence-electron chi connectivity index (χ1n) is 7.70. The number of nitrogens with one attached hydrogen (secondary N) is 1. The molecule has 6 nitrogen and oxygen atoms in total. The monoisotopic (exact) mass is 301 g/mol. The fourth-order valence-corrected chi connectivity index (χ4v) is 2.42. The lowest BCUT2D eigenvalue weighted by atomic mass is 10.00. The number of carbonyl (C=O) groups is 2. The predicted molar refractivity (Wildman–Crippen MR) is 83.2 cm³/mol. The molecule has 0 rings (SSSR count). The molecule has 0 fully saturated rings. The van der Waals surface area contributed by atoms with Gasteiger partial charge in [0, 0.05) is 39.0 Å². The summed E-state index contributed by atoms with van der Waals surface area (Å²) in [6, 6.07) is 0.424. The van der Waals surface area contributed by atoms with Gasteiger partial charge in [0.25, 0.3) is 0 Å². The Hall–Kier alpha value is -0.980. The first kappa shape index (κ1) is 20.0. The van der Waals surface area contributed by atoms with E-state index in [2.05, 4.69) is 24.2 Å². The molecule has 0 saturated carbocycles. The molecular formula is C15H31N3O3. The number of amides is 1. The molecule has 2 N–H and O–H groups in total. The minimum atomic E-state index is -0.193. The van der Waals surface area contributed by atoms with E-state index in [4.69, 9.17) is 0 Å². The molecule has 124 valence electrons. The summed E-state index contributed by atoms with van der Waals surface area (Å²) in [5.41, 5.74) is 0. The summed E-state index contributed by atoms with van der Waals surface area (Å²) in [6.07, 6.45) is 4.72. The fourth-order valence-electron chi connectivity index (χ4n) is 2.42. The van der Waals surface area contributed by atoms with E-state index in [1.54, 1.807) is 14.1 Å². The van der Waals surface area contributed by atoms with Crippen LogP contribution < -0.4 is 5.32 Å². The van der Waals surface area contributed by atoms with Crippen molar-refractivity contribution in [2.75, 3.05) is 34.2 Å². The van der Waals surface area contributed by atoms with E-state index in [9.17, 15) is 14.8 Å². The minimum Gasteiger partial charge on any atom is -0.359 e. The zero-order valence-electron chi connectivity index (χ0n) is 13.8. The minimum absolute atomic E-state index is 0.0853. The van der Waals surface area contributed by atoms with Gasteiger partial charge in [-0.15, -0.1) is 0 Å². The maximum Gasteiger partial charge on any atom is 0.220 e.